The molecule has 1 aliphatic carbocycles. The van der Waals surface area contributed by atoms with Crippen molar-refractivity contribution in [2.75, 3.05) is 19.8 Å². The number of allylic oxidation sites excluding steroid dienone is 2. The highest BCUT2D eigenvalue weighted by molar-refractivity contribution is 4.93. The van der Waals surface area contributed by atoms with Crippen molar-refractivity contribution >= 4 is 0 Å². The molecule has 1 N–H and O–H groups in total. The predicted octanol–water partition coefficient (Wildman–Crippen LogP) is 3.38. The number of rotatable bonds is 6. The quantitative estimate of drug-likeness (QED) is 0.567. The molecule has 0 amide bonds. The summed E-state index contributed by atoms with van der Waals surface area (Å²) in [4.78, 5) is 0. The van der Waals surface area contributed by atoms with Crippen molar-refractivity contribution in [1.82, 2.24) is 5.32 Å². The van der Waals surface area contributed by atoms with Gasteiger partial charge in [-0.05, 0) is 58.4 Å². The van der Waals surface area contributed by atoms with Crippen molar-refractivity contribution in [1.29, 1.82) is 0 Å². The lowest BCUT2D eigenvalue weighted by Gasteiger charge is -2.25. The van der Waals surface area contributed by atoms with Gasteiger partial charge in [0.25, 0.3) is 0 Å². The molecule has 0 radical (unpaired) electrons. The molecule has 2 unspecified atom stereocenters. The van der Waals surface area contributed by atoms with Crippen molar-refractivity contribution in [3.63, 3.8) is 0 Å². The first-order valence-corrected chi connectivity index (χ1v) is 6.97. The fourth-order valence-electron chi connectivity index (χ4n) is 2.11. The monoisotopic (exact) mass is 239 g/mol. The summed E-state index contributed by atoms with van der Waals surface area (Å²) in [5.74, 6) is 1.52. The molecule has 100 valence electrons. The lowest BCUT2D eigenvalue weighted by atomic mass is 9.85. The Morgan fingerprint density at radius 1 is 1.24 bits per heavy atom. The summed E-state index contributed by atoms with van der Waals surface area (Å²) < 4.78 is 5.78. The van der Waals surface area contributed by atoms with Gasteiger partial charge in [0.05, 0.1) is 0 Å². The summed E-state index contributed by atoms with van der Waals surface area (Å²) in [5.41, 5.74) is 0.225. The molecule has 2 heteroatoms. The van der Waals surface area contributed by atoms with Gasteiger partial charge in [0.2, 0.25) is 0 Å². The maximum Gasteiger partial charge on any atom is 0.0499 e. The third kappa shape index (κ3) is 6.85. The van der Waals surface area contributed by atoms with Crippen LogP contribution in [-0.4, -0.2) is 25.3 Å². The van der Waals surface area contributed by atoms with E-state index in [1.165, 1.54) is 12.8 Å². The van der Waals surface area contributed by atoms with Gasteiger partial charge in [-0.3, -0.25) is 0 Å². The van der Waals surface area contributed by atoms with Crippen LogP contribution in [0.4, 0.5) is 0 Å². The van der Waals surface area contributed by atoms with E-state index in [1.807, 2.05) is 0 Å². The average molecular weight is 239 g/mol. The van der Waals surface area contributed by atoms with Gasteiger partial charge in [-0.15, -0.1) is 0 Å². The van der Waals surface area contributed by atoms with E-state index in [1.54, 1.807) is 0 Å². The molecule has 0 fully saturated rings. The first-order valence-electron chi connectivity index (χ1n) is 6.97. The van der Waals surface area contributed by atoms with Crippen molar-refractivity contribution in [3.05, 3.63) is 12.2 Å². The van der Waals surface area contributed by atoms with Gasteiger partial charge in [0, 0.05) is 18.8 Å². The zero-order chi connectivity index (χ0) is 12.7. The van der Waals surface area contributed by atoms with Crippen LogP contribution < -0.4 is 5.32 Å². The van der Waals surface area contributed by atoms with E-state index in [9.17, 15) is 0 Å². The maximum atomic E-state index is 5.78. The molecule has 0 bridgehead atoms. The van der Waals surface area contributed by atoms with E-state index in [-0.39, 0.29) is 5.54 Å². The van der Waals surface area contributed by atoms with Crippen LogP contribution >= 0.6 is 0 Å². The molecule has 2 atom stereocenters. The van der Waals surface area contributed by atoms with Gasteiger partial charge >= 0.3 is 0 Å². The van der Waals surface area contributed by atoms with Crippen LogP contribution in [0.5, 0.6) is 0 Å². The molecule has 0 saturated heterocycles. The molecule has 0 saturated carbocycles. The van der Waals surface area contributed by atoms with E-state index in [0.29, 0.717) is 0 Å². The van der Waals surface area contributed by atoms with Gasteiger partial charge < -0.3 is 10.1 Å². The van der Waals surface area contributed by atoms with E-state index in [4.69, 9.17) is 4.74 Å². The average Bonchev–Trinajstić information content (AvgIpc) is 2.24. The molecule has 0 aromatic carbocycles. The number of hydrogen-bond acceptors (Lipinski definition) is 2. The smallest absolute Gasteiger partial charge is 0.0499 e. The van der Waals surface area contributed by atoms with Gasteiger partial charge in [0.1, 0.15) is 0 Å². The Labute approximate surface area is 107 Å². The minimum atomic E-state index is 0.225. The third-order valence-electron chi connectivity index (χ3n) is 3.37. The van der Waals surface area contributed by atoms with Crippen molar-refractivity contribution in [2.45, 2.75) is 52.5 Å². The highest BCUT2D eigenvalue weighted by atomic mass is 16.5. The molecule has 2 nitrogen and oxygen atoms in total. The third-order valence-corrected chi connectivity index (χ3v) is 3.37. The zero-order valence-corrected chi connectivity index (χ0v) is 12.0. The molecule has 0 aromatic rings. The SMILES string of the molecule is CC1CC=CCC1COCCCNC(C)(C)C. The lowest BCUT2D eigenvalue weighted by Crippen LogP contribution is -2.36. The van der Waals surface area contributed by atoms with Crippen LogP contribution in [0.25, 0.3) is 0 Å². The highest BCUT2D eigenvalue weighted by Gasteiger charge is 2.17. The Balaban J connectivity index is 1.99. The Morgan fingerprint density at radius 3 is 2.59 bits per heavy atom. The summed E-state index contributed by atoms with van der Waals surface area (Å²) in [5, 5.41) is 3.48. The molecular weight excluding hydrogens is 210 g/mol. The van der Waals surface area contributed by atoms with Crippen LogP contribution in [0.2, 0.25) is 0 Å². The van der Waals surface area contributed by atoms with Crippen molar-refractivity contribution in [2.24, 2.45) is 11.8 Å². The van der Waals surface area contributed by atoms with Crippen LogP contribution in [-0.2, 0) is 4.74 Å². The molecule has 1 rings (SSSR count). The predicted molar refractivity (Wildman–Crippen MR) is 74.2 cm³/mol. The molecule has 17 heavy (non-hydrogen) atoms. The number of ether oxygens (including phenoxy) is 1. The summed E-state index contributed by atoms with van der Waals surface area (Å²) in [6.45, 7) is 11.8. The van der Waals surface area contributed by atoms with Crippen LogP contribution in [0, 0.1) is 11.8 Å². The number of nitrogens with one attached hydrogen (secondary N) is 1. The number of hydrogen-bond donors (Lipinski definition) is 1. The Morgan fingerprint density at radius 2 is 1.94 bits per heavy atom. The van der Waals surface area contributed by atoms with E-state index in [2.05, 4.69) is 45.2 Å². The summed E-state index contributed by atoms with van der Waals surface area (Å²) in [6.07, 6.45) is 8.12. The Hall–Kier alpha value is -0.340. The first-order chi connectivity index (χ1) is 7.99. The summed E-state index contributed by atoms with van der Waals surface area (Å²) in [6, 6.07) is 0. The molecule has 0 aromatic heterocycles. The highest BCUT2D eigenvalue weighted by Crippen LogP contribution is 2.24. The largest absolute Gasteiger partial charge is 0.381 e. The van der Waals surface area contributed by atoms with Crippen LogP contribution in [0.15, 0.2) is 12.2 Å². The lowest BCUT2D eigenvalue weighted by molar-refractivity contribution is 0.0769. The van der Waals surface area contributed by atoms with E-state index >= 15 is 0 Å². The first kappa shape index (κ1) is 14.7. The van der Waals surface area contributed by atoms with E-state index in [0.717, 1.165) is 38.0 Å². The fourth-order valence-corrected chi connectivity index (χ4v) is 2.11. The molecule has 0 spiro atoms. The Kier molecular flexibility index (Phi) is 6.21. The minimum absolute atomic E-state index is 0.225. The van der Waals surface area contributed by atoms with Crippen LogP contribution in [0.1, 0.15) is 47.0 Å². The van der Waals surface area contributed by atoms with Gasteiger partial charge in [0.15, 0.2) is 0 Å². The molecular formula is C15H29NO. The second-order valence-corrected chi connectivity index (χ2v) is 6.29. The molecule has 0 aliphatic heterocycles. The normalized spacial score (nSPS) is 25.2. The topological polar surface area (TPSA) is 21.3 Å². The zero-order valence-electron chi connectivity index (χ0n) is 12.0. The standard InChI is InChI=1S/C15H29NO/c1-13-8-5-6-9-14(13)12-17-11-7-10-16-15(2,3)4/h5-6,13-14,16H,7-12H2,1-4H3. The van der Waals surface area contributed by atoms with Crippen molar-refractivity contribution < 1.29 is 4.74 Å². The van der Waals surface area contributed by atoms with Gasteiger partial charge in [-0.2, -0.15) is 0 Å². The Bertz CT molecular complexity index is 230. The summed E-state index contributed by atoms with van der Waals surface area (Å²) >= 11 is 0. The molecule has 0 heterocycles. The van der Waals surface area contributed by atoms with Gasteiger partial charge in [-0.25, -0.2) is 0 Å². The minimum Gasteiger partial charge on any atom is -0.381 e. The second-order valence-electron chi connectivity index (χ2n) is 6.29. The maximum absolute atomic E-state index is 5.78. The van der Waals surface area contributed by atoms with Gasteiger partial charge in [-0.1, -0.05) is 19.1 Å². The molecule has 1 aliphatic rings. The van der Waals surface area contributed by atoms with Crippen LogP contribution in [0.3, 0.4) is 0 Å². The summed E-state index contributed by atoms with van der Waals surface area (Å²) in [7, 11) is 0. The fraction of sp³-hybridized carbons (Fsp3) is 0.867. The van der Waals surface area contributed by atoms with Crippen molar-refractivity contribution in [3.8, 4) is 0 Å². The van der Waals surface area contributed by atoms with E-state index < -0.39 is 0 Å². The second kappa shape index (κ2) is 7.17.